The maximum atomic E-state index is 13.5. The SMILES string of the molecule is CC(C)CC(=O)CCc1cccc(Cl)c1F. The van der Waals surface area contributed by atoms with Crippen molar-refractivity contribution in [2.75, 3.05) is 0 Å². The van der Waals surface area contributed by atoms with E-state index in [0.717, 1.165) is 0 Å². The zero-order chi connectivity index (χ0) is 12.1. The first-order valence-corrected chi connectivity index (χ1v) is 5.83. The summed E-state index contributed by atoms with van der Waals surface area (Å²) in [6, 6.07) is 4.88. The fourth-order valence-corrected chi connectivity index (χ4v) is 1.77. The third-order valence-corrected chi connectivity index (χ3v) is 2.63. The number of hydrogen-bond donors (Lipinski definition) is 0. The number of halogens is 2. The van der Waals surface area contributed by atoms with Gasteiger partial charge in [-0.2, -0.15) is 0 Å². The van der Waals surface area contributed by atoms with Crippen LogP contribution in [0.2, 0.25) is 5.02 Å². The van der Waals surface area contributed by atoms with Gasteiger partial charge in [-0.3, -0.25) is 4.79 Å². The Kier molecular flexibility index (Phi) is 4.94. The summed E-state index contributed by atoms with van der Waals surface area (Å²) in [6.07, 6.45) is 1.37. The van der Waals surface area contributed by atoms with Crippen molar-refractivity contribution in [1.82, 2.24) is 0 Å². The Bertz CT molecular complexity index is 374. The van der Waals surface area contributed by atoms with Crippen LogP contribution in [0.15, 0.2) is 18.2 Å². The van der Waals surface area contributed by atoms with Gasteiger partial charge in [0, 0.05) is 12.8 Å². The second-order valence-corrected chi connectivity index (χ2v) is 4.76. The third-order valence-electron chi connectivity index (χ3n) is 2.34. The number of ketones is 1. The van der Waals surface area contributed by atoms with Gasteiger partial charge in [-0.1, -0.05) is 37.6 Å². The molecule has 0 aliphatic carbocycles. The highest BCUT2D eigenvalue weighted by atomic mass is 35.5. The first kappa shape index (κ1) is 13.2. The van der Waals surface area contributed by atoms with E-state index in [1.165, 1.54) is 6.07 Å². The summed E-state index contributed by atoms with van der Waals surface area (Å²) in [4.78, 5) is 11.5. The lowest BCUT2D eigenvalue weighted by atomic mass is 10.0. The van der Waals surface area contributed by atoms with Gasteiger partial charge in [0.1, 0.15) is 11.6 Å². The van der Waals surface area contributed by atoms with E-state index < -0.39 is 5.82 Å². The number of carbonyl (C=O) groups is 1. The lowest BCUT2D eigenvalue weighted by molar-refractivity contribution is -0.119. The molecule has 0 saturated carbocycles. The molecule has 0 bridgehead atoms. The molecular weight excluding hydrogens is 227 g/mol. The maximum Gasteiger partial charge on any atom is 0.144 e. The van der Waals surface area contributed by atoms with Crippen molar-refractivity contribution in [3.8, 4) is 0 Å². The summed E-state index contributed by atoms with van der Waals surface area (Å²) in [7, 11) is 0. The number of carbonyl (C=O) groups excluding carboxylic acids is 1. The normalized spacial score (nSPS) is 10.8. The van der Waals surface area contributed by atoms with Crippen molar-refractivity contribution in [3.63, 3.8) is 0 Å². The zero-order valence-electron chi connectivity index (χ0n) is 9.59. The average Bonchev–Trinajstić information content (AvgIpc) is 2.19. The van der Waals surface area contributed by atoms with Crippen LogP contribution in [0.5, 0.6) is 0 Å². The average molecular weight is 243 g/mol. The van der Waals surface area contributed by atoms with Crippen LogP contribution < -0.4 is 0 Å². The second-order valence-electron chi connectivity index (χ2n) is 4.35. The van der Waals surface area contributed by atoms with Crippen molar-refractivity contribution in [3.05, 3.63) is 34.6 Å². The fourth-order valence-electron chi connectivity index (χ4n) is 1.57. The lowest BCUT2D eigenvalue weighted by Gasteiger charge is -2.05. The molecule has 0 atom stereocenters. The number of hydrogen-bond acceptors (Lipinski definition) is 1. The lowest BCUT2D eigenvalue weighted by Crippen LogP contribution is -2.05. The first-order valence-electron chi connectivity index (χ1n) is 5.45. The monoisotopic (exact) mass is 242 g/mol. The zero-order valence-corrected chi connectivity index (χ0v) is 10.4. The van der Waals surface area contributed by atoms with Crippen molar-refractivity contribution in [2.45, 2.75) is 33.1 Å². The van der Waals surface area contributed by atoms with Crippen LogP contribution in [0.3, 0.4) is 0 Å². The van der Waals surface area contributed by atoms with Crippen LogP contribution in [-0.4, -0.2) is 5.78 Å². The van der Waals surface area contributed by atoms with Gasteiger partial charge in [0.25, 0.3) is 0 Å². The van der Waals surface area contributed by atoms with Gasteiger partial charge in [-0.05, 0) is 24.0 Å². The summed E-state index contributed by atoms with van der Waals surface area (Å²) >= 11 is 5.65. The highest BCUT2D eigenvalue weighted by Crippen LogP contribution is 2.19. The standard InChI is InChI=1S/C13H16ClFO/c1-9(2)8-11(16)7-6-10-4-3-5-12(14)13(10)15/h3-5,9H,6-8H2,1-2H3. The van der Waals surface area contributed by atoms with Crippen LogP contribution in [0, 0.1) is 11.7 Å². The smallest absolute Gasteiger partial charge is 0.144 e. The Balaban J connectivity index is 2.55. The van der Waals surface area contributed by atoms with Gasteiger partial charge in [-0.15, -0.1) is 0 Å². The van der Waals surface area contributed by atoms with Crippen LogP contribution in [0.25, 0.3) is 0 Å². The number of benzene rings is 1. The van der Waals surface area contributed by atoms with Gasteiger partial charge >= 0.3 is 0 Å². The molecule has 1 nitrogen and oxygen atoms in total. The maximum absolute atomic E-state index is 13.5. The molecule has 0 aliphatic rings. The molecule has 0 fully saturated rings. The molecule has 1 rings (SSSR count). The van der Waals surface area contributed by atoms with E-state index in [4.69, 9.17) is 11.6 Å². The number of aryl methyl sites for hydroxylation is 1. The molecule has 0 spiro atoms. The molecule has 3 heteroatoms. The summed E-state index contributed by atoms with van der Waals surface area (Å²) < 4.78 is 13.5. The van der Waals surface area contributed by atoms with Crippen molar-refractivity contribution >= 4 is 17.4 Å². The van der Waals surface area contributed by atoms with Crippen LogP contribution >= 0.6 is 11.6 Å². The Morgan fingerprint density at radius 3 is 2.75 bits per heavy atom. The quantitative estimate of drug-likeness (QED) is 0.762. The number of rotatable bonds is 5. The van der Waals surface area contributed by atoms with Crippen LogP contribution in [0.4, 0.5) is 4.39 Å². The van der Waals surface area contributed by atoms with Gasteiger partial charge in [0.2, 0.25) is 0 Å². The largest absolute Gasteiger partial charge is 0.300 e. The molecule has 0 radical (unpaired) electrons. The molecular formula is C13H16ClFO. The molecule has 88 valence electrons. The second kappa shape index (κ2) is 6.00. The predicted molar refractivity (Wildman–Crippen MR) is 64.2 cm³/mol. The van der Waals surface area contributed by atoms with E-state index in [0.29, 0.717) is 30.7 Å². The van der Waals surface area contributed by atoms with Crippen LogP contribution in [0.1, 0.15) is 32.3 Å². The Morgan fingerprint density at radius 2 is 2.12 bits per heavy atom. The van der Waals surface area contributed by atoms with E-state index in [2.05, 4.69) is 0 Å². The van der Waals surface area contributed by atoms with E-state index in [-0.39, 0.29) is 10.8 Å². The minimum Gasteiger partial charge on any atom is -0.300 e. The Labute approximate surface area is 101 Å². The van der Waals surface area contributed by atoms with E-state index in [1.54, 1.807) is 12.1 Å². The molecule has 0 aromatic heterocycles. The first-order chi connectivity index (χ1) is 7.50. The predicted octanol–water partition coefficient (Wildman–Crippen LogP) is 4.03. The van der Waals surface area contributed by atoms with Gasteiger partial charge < -0.3 is 0 Å². The molecule has 0 N–H and O–H groups in total. The minimum absolute atomic E-state index is 0.119. The summed E-state index contributed by atoms with van der Waals surface area (Å²) in [5, 5.41) is 0.119. The van der Waals surface area contributed by atoms with E-state index in [1.807, 2.05) is 13.8 Å². The highest BCUT2D eigenvalue weighted by Gasteiger charge is 2.09. The van der Waals surface area contributed by atoms with Crippen molar-refractivity contribution in [2.24, 2.45) is 5.92 Å². The highest BCUT2D eigenvalue weighted by molar-refractivity contribution is 6.30. The minimum atomic E-state index is -0.401. The third kappa shape index (κ3) is 3.93. The molecule has 0 unspecified atom stereocenters. The van der Waals surface area contributed by atoms with Gasteiger partial charge in [0.15, 0.2) is 0 Å². The molecule has 0 saturated heterocycles. The molecule has 0 amide bonds. The fraction of sp³-hybridized carbons (Fsp3) is 0.462. The Morgan fingerprint density at radius 1 is 1.44 bits per heavy atom. The van der Waals surface area contributed by atoms with E-state index >= 15 is 0 Å². The summed E-state index contributed by atoms with van der Waals surface area (Å²) in [5.41, 5.74) is 0.518. The van der Waals surface area contributed by atoms with Gasteiger partial charge in [-0.25, -0.2) is 4.39 Å². The Hall–Kier alpha value is -0.890. The molecule has 0 aliphatic heterocycles. The van der Waals surface area contributed by atoms with E-state index in [9.17, 15) is 9.18 Å². The molecule has 16 heavy (non-hydrogen) atoms. The van der Waals surface area contributed by atoms with Gasteiger partial charge in [0.05, 0.1) is 5.02 Å². The van der Waals surface area contributed by atoms with Crippen LogP contribution in [-0.2, 0) is 11.2 Å². The molecule has 0 heterocycles. The molecule has 1 aromatic rings. The topological polar surface area (TPSA) is 17.1 Å². The number of Topliss-reactive ketones (excluding diaryl/α,β-unsaturated/α-hetero) is 1. The summed E-state index contributed by atoms with van der Waals surface area (Å²) in [5.74, 6) is 0.132. The van der Waals surface area contributed by atoms with Crippen molar-refractivity contribution in [1.29, 1.82) is 0 Å². The molecule has 1 aromatic carbocycles. The summed E-state index contributed by atoms with van der Waals surface area (Å²) in [6.45, 7) is 4.00. The van der Waals surface area contributed by atoms with Crippen molar-refractivity contribution < 1.29 is 9.18 Å².